The molecule has 1 fully saturated rings. The van der Waals surface area contributed by atoms with Crippen molar-refractivity contribution in [1.82, 2.24) is 19.4 Å². The molecule has 2 aromatic rings. The Kier molecular flexibility index (Phi) is 4.53. The molecule has 1 saturated heterocycles. The number of alkyl halides is 1. The number of piperidine rings is 1. The molecular formula is C15H21ClN4. The summed E-state index contributed by atoms with van der Waals surface area (Å²) < 4.78 is 2.24. The van der Waals surface area contributed by atoms with Gasteiger partial charge in [-0.1, -0.05) is 6.42 Å². The number of hydrogen-bond acceptors (Lipinski definition) is 3. The Morgan fingerprint density at radius 2 is 2.00 bits per heavy atom. The molecule has 1 aliphatic rings. The number of aryl methyl sites for hydroxylation is 1. The first kappa shape index (κ1) is 13.8. The summed E-state index contributed by atoms with van der Waals surface area (Å²) in [5.41, 5.74) is 1.97. The lowest BCUT2D eigenvalue weighted by Gasteiger charge is -2.26. The summed E-state index contributed by atoms with van der Waals surface area (Å²) in [6.07, 6.45) is 6.68. The Bertz CT molecular complexity index is 560. The molecular weight excluding hydrogens is 272 g/mol. The van der Waals surface area contributed by atoms with Crippen LogP contribution in [0.2, 0.25) is 0 Å². The van der Waals surface area contributed by atoms with Gasteiger partial charge in [-0.2, -0.15) is 0 Å². The van der Waals surface area contributed by atoms with Crippen molar-refractivity contribution in [2.24, 2.45) is 0 Å². The van der Waals surface area contributed by atoms with Crippen molar-refractivity contribution in [3.63, 3.8) is 0 Å². The standard InChI is InChI=1S/C15H21ClN4/c16-7-6-14-18-13-5-4-8-17-15(13)20(14)12-11-19-9-2-1-3-10-19/h4-5,8H,1-3,6-7,9-12H2. The number of aromatic nitrogens is 3. The van der Waals surface area contributed by atoms with Crippen LogP contribution in [0, 0.1) is 0 Å². The smallest absolute Gasteiger partial charge is 0.160 e. The van der Waals surface area contributed by atoms with Gasteiger partial charge in [0, 0.05) is 31.6 Å². The molecule has 1 aliphatic heterocycles. The molecule has 2 aromatic heterocycles. The second-order valence-electron chi connectivity index (χ2n) is 5.37. The van der Waals surface area contributed by atoms with Crippen molar-refractivity contribution in [1.29, 1.82) is 0 Å². The molecule has 5 heteroatoms. The molecule has 0 bridgehead atoms. The molecule has 0 spiro atoms. The van der Waals surface area contributed by atoms with Crippen molar-refractivity contribution in [3.8, 4) is 0 Å². The van der Waals surface area contributed by atoms with Crippen molar-refractivity contribution in [2.45, 2.75) is 32.2 Å². The molecule has 0 aliphatic carbocycles. The lowest BCUT2D eigenvalue weighted by molar-refractivity contribution is 0.221. The third-order valence-electron chi connectivity index (χ3n) is 3.99. The first-order valence-corrected chi connectivity index (χ1v) is 8.00. The van der Waals surface area contributed by atoms with Gasteiger partial charge in [0.2, 0.25) is 0 Å². The van der Waals surface area contributed by atoms with Crippen molar-refractivity contribution in [3.05, 3.63) is 24.2 Å². The maximum Gasteiger partial charge on any atom is 0.160 e. The van der Waals surface area contributed by atoms with E-state index in [1.165, 1.54) is 32.4 Å². The number of likely N-dealkylation sites (tertiary alicyclic amines) is 1. The van der Waals surface area contributed by atoms with E-state index < -0.39 is 0 Å². The SMILES string of the molecule is ClCCc1nc2cccnc2n1CCN1CCCCC1. The summed E-state index contributed by atoms with van der Waals surface area (Å²) in [4.78, 5) is 11.7. The number of nitrogens with zero attached hydrogens (tertiary/aromatic N) is 4. The van der Waals surface area contributed by atoms with Crippen LogP contribution in [0.1, 0.15) is 25.1 Å². The van der Waals surface area contributed by atoms with Crippen LogP contribution in [0.25, 0.3) is 11.2 Å². The topological polar surface area (TPSA) is 34.0 Å². The highest BCUT2D eigenvalue weighted by Gasteiger charge is 2.14. The van der Waals surface area contributed by atoms with Gasteiger partial charge in [-0.05, 0) is 38.1 Å². The lowest BCUT2D eigenvalue weighted by Crippen LogP contribution is -2.32. The fourth-order valence-electron chi connectivity index (χ4n) is 2.94. The molecule has 3 heterocycles. The monoisotopic (exact) mass is 292 g/mol. The van der Waals surface area contributed by atoms with Crippen LogP contribution in [0.4, 0.5) is 0 Å². The van der Waals surface area contributed by atoms with Crippen LogP contribution in [0.5, 0.6) is 0 Å². The third kappa shape index (κ3) is 2.96. The Balaban J connectivity index is 1.79. The molecule has 20 heavy (non-hydrogen) atoms. The van der Waals surface area contributed by atoms with E-state index in [1.54, 1.807) is 0 Å². The van der Waals surface area contributed by atoms with Crippen molar-refractivity contribution < 1.29 is 0 Å². The van der Waals surface area contributed by atoms with Crippen LogP contribution in [-0.2, 0) is 13.0 Å². The maximum absolute atomic E-state index is 5.90. The van der Waals surface area contributed by atoms with Crippen molar-refractivity contribution >= 4 is 22.8 Å². The molecule has 0 radical (unpaired) electrons. The number of hydrogen-bond donors (Lipinski definition) is 0. The van der Waals surface area contributed by atoms with Gasteiger partial charge in [0.25, 0.3) is 0 Å². The van der Waals surface area contributed by atoms with Crippen LogP contribution in [-0.4, -0.2) is 44.9 Å². The Morgan fingerprint density at radius 3 is 2.80 bits per heavy atom. The molecule has 0 N–H and O–H groups in total. The van der Waals surface area contributed by atoms with Gasteiger partial charge in [0.15, 0.2) is 5.65 Å². The maximum atomic E-state index is 5.90. The van der Waals surface area contributed by atoms with Gasteiger partial charge in [-0.15, -0.1) is 11.6 Å². The molecule has 0 atom stereocenters. The number of rotatable bonds is 5. The minimum absolute atomic E-state index is 0.604. The van der Waals surface area contributed by atoms with E-state index in [0.717, 1.165) is 36.5 Å². The highest BCUT2D eigenvalue weighted by Crippen LogP contribution is 2.15. The van der Waals surface area contributed by atoms with Crippen molar-refractivity contribution in [2.75, 3.05) is 25.5 Å². The average Bonchev–Trinajstić information content (AvgIpc) is 2.84. The Hall–Kier alpha value is -1.13. The van der Waals surface area contributed by atoms with Crippen LogP contribution in [0.15, 0.2) is 18.3 Å². The average molecular weight is 293 g/mol. The number of imidazole rings is 1. The highest BCUT2D eigenvalue weighted by atomic mass is 35.5. The third-order valence-corrected chi connectivity index (χ3v) is 4.18. The lowest BCUT2D eigenvalue weighted by atomic mass is 10.1. The van der Waals surface area contributed by atoms with Crippen LogP contribution in [0.3, 0.4) is 0 Å². The second kappa shape index (κ2) is 6.55. The quantitative estimate of drug-likeness (QED) is 0.795. The van der Waals surface area contributed by atoms with Gasteiger partial charge in [-0.3, -0.25) is 0 Å². The molecule has 4 nitrogen and oxygen atoms in total. The largest absolute Gasteiger partial charge is 0.311 e. The highest BCUT2D eigenvalue weighted by molar-refractivity contribution is 6.17. The van der Waals surface area contributed by atoms with E-state index >= 15 is 0 Å². The zero-order chi connectivity index (χ0) is 13.8. The summed E-state index contributed by atoms with van der Waals surface area (Å²) >= 11 is 5.90. The fourth-order valence-corrected chi connectivity index (χ4v) is 3.11. The van der Waals surface area contributed by atoms with E-state index in [9.17, 15) is 0 Å². The molecule has 3 rings (SSSR count). The second-order valence-corrected chi connectivity index (χ2v) is 5.75. The zero-order valence-corrected chi connectivity index (χ0v) is 12.5. The number of fused-ring (bicyclic) bond motifs is 1. The summed E-state index contributed by atoms with van der Waals surface area (Å²) in [6, 6.07) is 3.96. The fraction of sp³-hybridized carbons (Fsp3) is 0.600. The summed E-state index contributed by atoms with van der Waals surface area (Å²) in [5, 5.41) is 0. The van der Waals surface area contributed by atoms with Gasteiger partial charge < -0.3 is 9.47 Å². The predicted molar refractivity (Wildman–Crippen MR) is 82.2 cm³/mol. The van der Waals surface area contributed by atoms with E-state index in [2.05, 4.69) is 19.4 Å². The summed E-state index contributed by atoms with van der Waals surface area (Å²) in [7, 11) is 0. The zero-order valence-electron chi connectivity index (χ0n) is 11.8. The van der Waals surface area contributed by atoms with Gasteiger partial charge in [0.1, 0.15) is 11.3 Å². The van der Waals surface area contributed by atoms with E-state index in [4.69, 9.17) is 11.6 Å². The Morgan fingerprint density at radius 1 is 1.15 bits per heavy atom. The van der Waals surface area contributed by atoms with Gasteiger partial charge in [0.05, 0.1) is 0 Å². The van der Waals surface area contributed by atoms with E-state index in [-0.39, 0.29) is 0 Å². The van der Waals surface area contributed by atoms with Crippen LogP contribution < -0.4 is 0 Å². The van der Waals surface area contributed by atoms with Crippen LogP contribution >= 0.6 is 11.6 Å². The molecule has 0 saturated carbocycles. The minimum atomic E-state index is 0.604. The predicted octanol–water partition coefficient (Wildman–Crippen LogP) is 2.70. The number of pyridine rings is 1. The summed E-state index contributed by atoms with van der Waals surface area (Å²) in [5.74, 6) is 1.67. The first-order chi connectivity index (χ1) is 9.88. The number of halogens is 1. The molecule has 0 amide bonds. The normalized spacial score (nSPS) is 16.9. The van der Waals surface area contributed by atoms with E-state index in [1.807, 2.05) is 18.3 Å². The minimum Gasteiger partial charge on any atom is -0.311 e. The van der Waals surface area contributed by atoms with E-state index in [0.29, 0.717) is 5.88 Å². The Labute approximate surface area is 124 Å². The molecule has 108 valence electrons. The molecule has 0 aromatic carbocycles. The van der Waals surface area contributed by atoms with Gasteiger partial charge in [-0.25, -0.2) is 9.97 Å². The molecule has 0 unspecified atom stereocenters. The first-order valence-electron chi connectivity index (χ1n) is 7.47. The van der Waals surface area contributed by atoms with Gasteiger partial charge >= 0.3 is 0 Å². The summed E-state index contributed by atoms with van der Waals surface area (Å²) in [6.45, 7) is 4.49.